The van der Waals surface area contributed by atoms with Gasteiger partial charge < -0.3 is 5.73 Å². The molecule has 8 heteroatoms. The smallest absolute Gasteiger partial charge is 0.243 e. The van der Waals surface area contributed by atoms with Crippen LogP contribution < -0.4 is 5.73 Å². The molecule has 5 nitrogen and oxygen atoms in total. The first kappa shape index (κ1) is 15.5. The van der Waals surface area contributed by atoms with E-state index in [-0.39, 0.29) is 23.8 Å². The average molecular weight is 291 g/mol. The van der Waals surface area contributed by atoms with Crippen molar-refractivity contribution in [2.24, 2.45) is 5.73 Å². The molecular formula is C11H15F2N3O2S. The molecule has 3 N–H and O–H groups in total. The highest BCUT2D eigenvalue weighted by molar-refractivity contribution is 7.89. The van der Waals surface area contributed by atoms with Crippen molar-refractivity contribution in [3.8, 4) is 0 Å². The lowest BCUT2D eigenvalue weighted by atomic mass is 10.3. The first-order valence-electron chi connectivity index (χ1n) is 5.57. The van der Waals surface area contributed by atoms with E-state index < -0.39 is 21.7 Å². The third-order valence-corrected chi connectivity index (χ3v) is 4.19. The Morgan fingerprint density at radius 1 is 1.37 bits per heavy atom. The van der Waals surface area contributed by atoms with Crippen LogP contribution in [0.3, 0.4) is 0 Å². The van der Waals surface area contributed by atoms with E-state index >= 15 is 0 Å². The Morgan fingerprint density at radius 3 is 2.47 bits per heavy atom. The van der Waals surface area contributed by atoms with Gasteiger partial charge in [-0.25, -0.2) is 17.2 Å². The highest BCUT2D eigenvalue weighted by atomic mass is 32.2. The molecule has 0 bridgehead atoms. The third kappa shape index (κ3) is 3.71. The van der Waals surface area contributed by atoms with Crippen molar-refractivity contribution in [3.05, 3.63) is 29.8 Å². The maximum absolute atomic E-state index is 13.1. The zero-order valence-corrected chi connectivity index (χ0v) is 11.2. The minimum atomic E-state index is -3.99. The van der Waals surface area contributed by atoms with Crippen molar-refractivity contribution in [1.29, 1.82) is 5.41 Å². The summed E-state index contributed by atoms with van der Waals surface area (Å²) in [6, 6.07) is 2.35. The standard InChI is InChI=1S/C11H15F2N3O2S/c1-2-5-16(7-11(14)15)19(17,18)8-3-4-9(12)10(13)6-8/h3-4,6H,2,5,7H2,1H3,(H3,14,15). The van der Waals surface area contributed by atoms with Crippen molar-refractivity contribution in [3.63, 3.8) is 0 Å². The number of rotatable bonds is 6. The molecule has 1 rings (SSSR count). The number of nitrogens with zero attached hydrogens (tertiary/aromatic N) is 1. The second kappa shape index (κ2) is 6.07. The molecular weight excluding hydrogens is 276 g/mol. The van der Waals surface area contributed by atoms with E-state index in [9.17, 15) is 17.2 Å². The Labute approximate surface area is 110 Å². The van der Waals surface area contributed by atoms with Gasteiger partial charge in [-0.15, -0.1) is 0 Å². The molecule has 0 spiro atoms. The first-order valence-corrected chi connectivity index (χ1v) is 7.01. The quantitative estimate of drug-likeness (QED) is 0.612. The summed E-state index contributed by atoms with van der Waals surface area (Å²) < 4.78 is 51.3. The zero-order valence-electron chi connectivity index (χ0n) is 10.4. The van der Waals surface area contributed by atoms with Crippen LogP contribution in [0.5, 0.6) is 0 Å². The molecule has 106 valence electrons. The number of hydrogen-bond donors (Lipinski definition) is 2. The summed E-state index contributed by atoms with van der Waals surface area (Å²) in [5.41, 5.74) is 5.20. The second-order valence-electron chi connectivity index (χ2n) is 3.94. The highest BCUT2D eigenvalue weighted by Crippen LogP contribution is 2.18. The van der Waals surface area contributed by atoms with E-state index in [0.717, 1.165) is 16.4 Å². The summed E-state index contributed by atoms with van der Waals surface area (Å²) in [5.74, 6) is -2.67. The number of nitrogens with one attached hydrogen (secondary N) is 1. The zero-order chi connectivity index (χ0) is 14.6. The van der Waals surface area contributed by atoms with Gasteiger partial charge in [0.15, 0.2) is 11.6 Å². The lowest BCUT2D eigenvalue weighted by molar-refractivity contribution is 0.445. The maximum atomic E-state index is 13.1. The monoisotopic (exact) mass is 291 g/mol. The van der Waals surface area contributed by atoms with E-state index in [1.807, 2.05) is 0 Å². The lowest BCUT2D eigenvalue weighted by Crippen LogP contribution is -2.38. The largest absolute Gasteiger partial charge is 0.387 e. The van der Waals surface area contributed by atoms with Crippen LogP contribution in [0.4, 0.5) is 8.78 Å². The predicted molar refractivity (Wildman–Crippen MR) is 67.3 cm³/mol. The van der Waals surface area contributed by atoms with Crippen molar-refractivity contribution < 1.29 is 17.2 Å². The molecule has 0 unspecified atom stereocenters. The van der Waals surface area contributed by atoms with Crippen LogP contribution in [0.25, 0.3) is 0 Å². The fourth-order valence-corrected chi connectivity index (χ4v) is 3.03. The van der Waals surface area contributed by atoms with Gasteiger partial charge >= 0.3 is 0 Å². The van der Waals surface area contributed by atoms with Crippen molar-refractivity contribution in [2.75, 3.05) is 13.1 Å². The van der Waals surface area contributed by atoms with Gasteiger partial charge in [-0.05, 0) is 24.6 Å². The van der Waals surface area contributed by atoms with Crippen LogP contribution in [-0.4, -0.2) is 31.6 Å². The van der Waals surface area contributed by atoms with Gasteiger partial charge in [-0.2, -0.15) is 4.31 Å². The van der Waals surface area contributed by atoms with Gasteiger partial charge in [0.1, 0.15) is 5.84 Å². The number of benzene rings is 1. The van der Waals surface area contributed by atoms with E-state index in [2.05, 4.69) is 0 Å². The minimum absolute atomic E-state index is 0.140. The van der Waals surface area contributed by atoms with E-state index in [1.165, 1.54) is 0 Å². The third-order valence-electron chi connectivity index (χ3n) is 2.35. The Morgan fingerprint density at radius 2 is 2.00 bits per heavy atom. The second-order valence-corrected chi connectivity index (χ2v) is 5.88. The van der Waals surface area contributed by atoms with Crippen LogP contribution >= 0.6 is 0 Å². The molecule has 0 heterocycles. The summed E-state index contributed by atoms with van der Waals surface area (Å²) in [6.07, 6.45) is 0.510. The van der Waals surface area contributed by atoms with E-state index in [0.29, 0.717) is 12.5 Å². The Kier molecular flexibility index (Phi) is 4.96. The number of halogens is 2. The van der Waals surface area contributed by atoms with Crippen molar-refractivity contribution in [1.82, 2.24) is 4.31 Å². The summed E-state index contributed by atoms with van der Waals surface area (Å²) >= 11 is 0. The van der Waals surface area contributed by atoms with Gasteiger partial charge in [0.2, 0.25) is 10.0 Å². The summed E-state index contributed by atoms with van der Waals surface area (Å²) in [7, 11) is -3.99. The van der Waals surface area contributed by atoms with Gasteiger partial charge in [-0.3, -0.25) is 5.41 Å². The van der Waals surface area contributed by atoms with Crippen LogP contribution in [0, 0.1) is 17.0 Å². The molecule has 1 aromatic rings. The maximum Gasteiger partial charge on any atom is 0.243 e. The molecule has 0 aliphatic heterocycles. The van der Waals surface area contributed by atoms with Crippen molar-refractivity contribution in [2.45, 2.75) is 18.2 Å². The van der Waals surface area contributed by atoms with Gasteiger partial charge in [0, 0.05) is 6.54 Å². The van der Waals surface area contributed by atoms with Crippen molar-refractivity contribution >= 4 is 15.9 Å². The van der Waals surface area contributed by atoms with Gasteiger partial charge in [0.05, 0.1) is 11.4 Å². The summed E-state index contributed by atoms with van der Waals surface area (Å²) in [5, 5.41) is 7.16. The summed E-state index contributed by atoms with van der Waals surface area (Å²) in [6.45, 7) is 1.62. The van der Waals surface area contributed by atoms with Crippen LogP contribution in [-0.2, 0) is 10.0 Å². The lowest BCUT2D eigenvalue weighted by Gasteiger charge is -2.20. The van der Waals surface area contributed by atoms with Crippen LogP contribution in [0.2, 0.25) is 0 Å². The SMILES string of the molecule is CCCN(CC(=N)N)S(=O)(=O)c1ccc(F)c(F)c1. The van der Waals surface area contributed by atoms with E-state index in [1.54, 1.807) is 6.92 Å². The summed E-state index contributed by atoms with van der Waals surface area (Å²) in [4.78, 5) is -0.360. The Bertz CT molecular complexity index is 575. The molecule has 0 saturated heterocycles. The predicted octanol–water partition coefficient (Wildman–Crippen LogP) is 1.30. The molecule has 0 aromatic heterocycles. The molecule has 0 radical (unpaired) electrons. The molecule has 1 aromatic carbocycles. The number of hydrogen-bond acceptors (Lipinski definition) is 3. The molecule has 0 saturated carbocycles. The Hall–Kier alpha value is -1.54. The number of sulfonamides is 1. The Balaban J connectivity index is 3.18. The highest BCUT2D eigenvalue weighted by Gasteiger charge is 2.25. The molecule has 0 aliphatic carbocycles. The number of nitrogens with two attached hydrogens (primary N) is 1. The first-order chi connectivity index (χ1) is 8.78. The molecule has 0 aliphatic rings. The molecule has 0 atom stereocenters. The number of amidine groups is 1. The minimum Gasteiger partial charge on any atom is -0.387 e. The molecule has 0 fully saturated rings. The fraction of sp³-hybridized carbons (Fsp3) is 0.364. The van der Waals surface area contributed by atoms with Crippen LogP contribution in [0.1, 0.15) is 13.3 Å². The van der Waals surface area contributed by atoms with Crippen LogP contribution in [0.15, 0.2) is 23.1 Å². The average Bonchev–Trinajstić information content (AvgIpc) is 2.31. The van der Waals surface area contributed by atoms with Gasteiger partial charge in [-0.1, -0.05) is 6.92 Å². The fourth-order valence-electron chi connectivity index (χ4n) is 1.51. The normalized spacial score (nSPS) is 11.8. The van der Waals surface area contributed by atoms with E-state index in [4.69, 9.17) is 11.1 Å². The molecule has 0 amide bonds. The van der Waals surface area contributed by atoms with Gasteiger partial charge in [0.25, 0.3) is 0 Å². The topological polar surface area (TPSA) is 87.2 Å². The molecule has 19 heavy (non-hydrogen) atoms.